The Morgan fingerprint density at radius 3 is 3.00 bits per heavy atom. The molecule has 6 heteroatoms. The van der Waals surface area contributed by atoms with Crippen LogP contribution in [0, 0.1) is 0 Å². The van der Waals surface area contributed by atoms with E-state index in [1.54, 1.807) is 6.92 Å². The van der Waals surface area contributed by atoms with E-state index in [-0.39, 0.29) is 0 Å². The largest absolute Gasteiger partial charge is 0.480 e. The number of rotatable bonds is 5. The molecule has 0 saturated carbocycles. The highest BCUT2D eigenvalue weighted by molar-refractivity contribution is 7.16. The number of hydrogen-bond donors (Lipinski definition) is 2. The normalized spacial score (nSPS) is 14.3. The van der Waals surface area contributed by atoms with Crippen molar-refractivity contribution in [2.75, 3.05) is 5.32 Å². The van der Waals surface area contributed by atoms with E-state index < -0.39 is 11.5 Å². The highest BCUT2D eigenvalue weighted by Crippen LogP contribution is 2.27. The molecular formula is C12H15N3O2S. The Morgan fingerprint density at radius 1 is 1.56 bits per heavy atom. The summed E-state index contributed by atoms with van der Waals surface area (Å²) in [5.41, 5.74) is -1.00. The second-order valence-electron chi connectivity index (χ2n) is 4.37. The Bertz CT molecular complexity index is 569. The number of aromatic nitrogens is 2. The molecule has 18 heavy (non-hydrogen) atoms. The summed E-state index contributed by atoms with van der Waals surface area (Å²) in [6.07, 6.45) is 2.78. The number of anilines is 1. The molecule has 2 aromatic rings. The van der Waals surface area contributed by atoms with Crippen LogP contribution in [0.5, 0.6) is 0 Å². The van der Waals surface area contributed by atoms with Crippen LogP contribution >= 0.6 is 11.3 Å². The molecule has 0 fully saturated rings. The van der Waals surface area contributed by atoms with Gasteiger partial charge in [-0.05, 0) is 24.8 Å². The third-order valence-corrected chi connectivity index (χ3v) is 3.70. The molecule has 2 N–H and O–H groups in total. The van der Waals surface area contributed by atoms with Crippen LogP contribution in [0.3, 0.4) is 0 Å². The number of carboxylic acid groups (broad SMARTS) is 1. The molecule has 2 rings (SSSR count). The zero-order valence-corrected chi connectivity index (χ0v) is 11.1. The first kappa shape index (κ1) is 12.8. The third kappa shape index (κ3) is 2.28. The monoisotopic (exact) mass is 265 g/mol. The fourth-order valence-corrected chi connectivity index (χ4v) is 2.61. The number of thiophene rings is 1. The number of carbonyl (C=O) groups is 1. The van der Waals surface area contributed by atoms with Gasteiger partial charge in [-0.1, -0.05) is 13.3 Å². The van der Waals surface area contributed by atoms with Gasteiger partial charge in [-0.2, -0.15) is 0 Å². The van der Waals surface area contributed by atoms with E-state index in [9.17, 15) is 9.90 Å². The fourth-order valence-electron chi connectivity index (χ4n) is 1.87. The van der Waals surface area contributed by atoms with E-state index in [1.165, 1.54) is 17.7 Å². The van der Waals surface area contributed by atoms with E-state index in [0.717, 1.165) is 16.6 Å². The van der Waals surface area contributed by atoms with Gasteiger partial charge in [0.05, 0.1) is 5.39 Å². The minimum absolute atomic E-state index is 0.540. The van der Waals surface area contributed by atoms with Crippen molar-refractivity contribution in [3.63, 3.8) is 0 Å². The molecule has 0 aliphatic heterocycles. The Balaban J connectivity index is 2.37. The van der Waals surface area contributed by atoms with Crippen molar-refractivity contribution in [1.82, 2.24) is 9.97 Å². The summed E-state index contributed by atoms with van der Waals surface area (Å²) in [6, 6.07) is 1.90. The predicted molar refractivity (Wildman–Crippen MR) is 72.0 cm³/mol. The zero-order chi connectivity index (χ0) is 13.2. The van der Waals surface area contributed by atoms with Crippen molar-refractivity contribution >= 4 is 33.3 Å². The Hall–Kier alpha value is -1.69. The smallest absolute Gasteiger partial charge is 0.329 e. The quantitative estimate of drug-likeness (QED) is 0.869. The average Bonchev–Trinajstić information content (AvgIpc) is 2.78. The number of hydrogen-bond acceptors (Lipinski definition) is 5. The summed E-state index contributed by atoms with van der Waals surface area (Å²) in [5, 5.41) is 15.2. The molecule has 0 spiro atoms. The van der Waals surface area contributed by atoms with Gasteiger partial charge >= 0.3 is 5.97 Å². The lowest BCUT2D eigenvalue weighted by atomic mass is 9.96. The van der Waals surface area contributed by atoms with Gasteiger partial charge in [0, 0.05) is 0 Å². The maximum absolute atomic E-state index is 11.4. The molecule has 0 saturated heterocycles. The van der Waals surface area contributed by atoms with Crippen LogP contribution in [-0.4, -0.2) is 26.6 Å². The average molecular weight is 265 g/mol. The van der Waals surface area contributed by atoms with E-state index in [0.29, 0.717) is 12.2 Å². The second kappa shape index (κ2) is 4.89. The lowest BCUT2D eigenvalue weighted by Gasteiger charge is -2.26. The molecule has 0 amide bonds. The molecule has 0 bridgehead atoms. The summed E-state index contributed by atoms with van der Waals surface area (Å²) in [6.45, 7) is 3.64. The molecule has 1 atom stereocenters. The number of nitrogens with zero attached hydrogens (tertiary/aromatic N) is 2. The lowest BCUT2D eigenvalue weighted by Crippen LogP contribution is -2.43. The van der Waals surface area contributed by atoms with Gasteiger partial charge in [-0.3, -0.25) is 0 Å². The first-order valence-electron chi connectivity index (χ1n) is 5.76. The predicted octanol–water partition coefficient (Wildman–Crippen LogP) is 2.75. The van der Waals surface area contributed by atoms with Crippen molar-refractivity contribution in [1.29, 1.82) is 0 Å². The van der Waals surface area contributed by atoms with Crippen molar-refractivity contribution in [2.45, 2.75) is 32.2 Å². The van der Waals surface area contributed by atoms with Crippen LogP contribution in [0.2, 0.25) is 0 Å². The highest BCUT2D eigenvalue weighted by Gasteiger charge is 2.32. The number of carboxylic acids is 1. The topological polar surface area (TPSA) is 75.1 Å². The number of aliphatic carboxylic acids is 1. The van der Waals surface area contributed by atoms with Gasteiger partial charge in [0.1, 0.15) is 22.5 Å². The summed E-state index contributed by atoms with van der Waals surface area (Å²) in [7, 11) is 0. The van der Waals surface area contributed by atoms with Gasteiger partial charge in [0.2, 0.25) is 0 Å². The van der Waals surface area contributed by atoms with Gasteiger partial charge in [-0.25, -0.2) is 14.8 Å². The standard InChI is InChI=1S/C12H15N3O2S/c1-3-5-12(2,11(16)17)15-9-8-4-6-18-10(8)14-7-13-9/h4,6-7H,3,5H2,1-2H3,(H,16,17)(H,13,14,15). The Morgan fingerprint density at radius 2 is 2.33 bits per heavy atom. The second-order valence-corrected chi connectivity index (χ2v) is 5.27. The van der Waals surface area contributed by atoms with Crippen molar-refractivity contribution < 1.29 is 9.90 Å². The highest BCUT2D eigenvalue weighted by atomic mass is 32.1. The molecule has 0 aliphatic carbocycles. The SMILES string of the molecule is CCCC(C)(Nc1ncnc2sccc12)C(=O)O. The minimum atomic E-state index is -1.00. The summed E-state index contributed by atoms with van der Waals surface area (Å²) in [4.78, 5) is 20.5. The molecular weight excluding hydrogens is 250 g/mol. The van der Waals surface area contributed by atoms with E-state index >= 15 is 0 Å². The maximum atomic E-state index is 11.4. The maximum Gasteiger partial charge on any atom is 0.329 e. The van der Waals surface area contributed by atoms with E-state index in [4.69, 9.17) is 0 Å². The molecule has 5 nitrogen and oxygen atoms in total. The molecule has 0 aliphatic rings. The van der Waals surface area contributed by atoms with Crippen LogP contribution in [-0.2, 0) is 4.79 Å². The molecule has 2 heterocycles. The Labute approximate surface area is 109 Å². The third-order valence-electron chi connectivity index (χ3n) is 2.88. The molecule has 0 aromatic carbocycles. The zero-order valence-electron chi connectivity index (χ0n) is 10.3. The van der Waals surface area contributed by atoms with Crippen molar-refractivity contribution in [2.24, 2.45) is 0 Å². The molecule has 0 radical (unpaired) electrons. The summed E-state index contributed by atoms with van der Waals surface area (Å²) in [5.74, 6) is -0.286. The minimum Gasteiger partial charge on any atom is -0.480 e. The van der Waals surface area contributed by atoms with Crippen LogP contribution < -0.4 is 5.32 Å². The van der Waals surface area contributed by atoms with Crippen LogP contribution in [0.25, 0.3) is 10.2 Å². The summed E-state index contributed by atoms with van der Waals surface area (Å²) < 4.78 is 0. The van der Waals surface area contributed by atoms with Gasteiger partial charge in [0.25, 0.3) is 0 Å². The van der Waals surface area contributed by atoms with Crippen molar-refractivity contribution in [3.8, 4) is 0 Å². The first-order valence-corrected chi connectivity index (χ1v) is 6.64. The van der Waals surface area contributed by atoms with Crippen LogP contribution in [0.15, 0.2) is 17.8 Å². The molecule has 1 unspecified atom stereocenters. The van der Waals surface area contributed by atoms with Crippen LogP contribution in [0.1, 0.15) is 26.7 Å². The number of fused-ring (bicyclic) bond motifs is 1. The fraction of sp³-hybridized carbons (Fsp3) is 0.417. The van der Waals surface area contributed by atoms with Crippen LogP contribution in [0.4, 0.5) is 5.82 Å². The first-order chi connectivity index (χ1) is 8.57. The van der Waals surface area contributed by atoms with E-state index in [1.807, 2.05) is 18.4 Å². The van der Waals surface area contributed by atoms with Gasteiger partial charge in [-0.15, -0.1) is 11.3 Å². The number of nitrogens with one attached hydrogen (secondary N) is 1. The molecule has 96 valence electrons. The van der Waals surface area contributed by atoms with Gasteiger partial charge < -0.3 is 10.4 Å². The lowest BCUT2D eigenvalue weighted by molar-refractivity contribution is -0.142. The molecule has 2 aromatic heterocycles. The Kier molecular flexibility index (Phi) is 3.47. The van der Waals surface area contributed by atoms with Crippen molar-refractivity contribution in [3.05, 3.63) is 17.8 Å². The van der Waals surface area contributed by atoms with Gasteiger partial charge in [0.15, 0.2) is 0 Å². The van der Waals surface area contributed by atoms with E-state index in [2.05, 4.69) is 15.3 Å². The summed E-state index contributed by atoms with van der Waals surface area (Å²) >= 11 is 1.51.